The number of amides is 1. The van der Waals surface area contributed by atoms with Crippen LogP contribution in [0.2, 0.25) is 0 Å². The summed E-state index contributed by atoms with van der Waals surface area (Å²) in [7, 11) is 0. The van der Waals surface area contributed by atoms with Gasteiger partial charge in [0.15, 0.2) is 5.78 Å². The van der Waals surface area contributed by atoms with Crippen LogP contribution in [-0.2, 0) is 20.8 Å². The number of aliphatic hydroxyl groups excluding tert-OH is 1. The van der Waals surface area contributed by atoms with Crippen LogP contribution >= 0.6 is 0 Å². The van der Waals surface area contributed by atoms with Crippen molar-refractivity contribution < 1.29 is 29.5 Å². The third-order valence-corrected chi connectivity index (χ3v) is 5.02. The molecule has 0 aromatic heterocycles. The Morgan fingerprint density at radius 2 is 2.00 bits per heavy atom. The number of rotatable bonds is 5. The molecule has 9 heteroatoms. The highest BCUT2D eigenvalue weighted by molar-refractivity contribution is 6.15. The fourth-order valence-corrected chi connectivity index (χ4v) is 3.79. The Morgan fingerprint density at radius 3 is 2.48 bits per heavy atom. The first-order valence-electron chi connectivity index (χ1n) is 7.71. The van der Waals surface area contributed by atoms with Crippen molar-refractivity contribution in [1.29, 1.82) is 0 Å². The van der Waals surface area contributed by atoms with E-state index in [1.54, 1.807) is 0 Å². The van der Waals surface area contributed by atoms with E-state index in [0.29, 0.717) is 5.56 Å². The lowest BCUT2D eigenvalue weighted by Crippen LogP contribution is -2.71. The fourth-order valence-electron chi connectivity index (χ4n) is 3.79. The van der Waals surface area contributed by atoms with E-state index in [1.165, 1.54) is 31.2 Å². The maximum Gasteiger partial charge on any atom is 0.337 e. The molecule has 132 valence electrons. The molecule has 2 saturated heterocycles. The largest absolute Gasteiger partial charge is 0.479 e. The molecule has 0 bridgehead atoms. The zero-order chi connectivity index (χ0) is 18.5. The number of hydrogen-bond donors (Lipinski definition) is 2. The highest BCUT2D eigenvalue weighted by Gasteiger charge is 2.69. The maximum absolute atomic E-state index is 12.5. The fraction of sp³-hybridized carbons (Fsp3) is 0.438. The summed E-state index contributed by atoms with van der Waals surface area (Å²) < 4.78 is 0. The van der Waals surface area contributed by atoms with Gasteiger partial charge in [-0.15, -0.1) is 0 Å². The summed E-state index contributed by atoms with van der Waals surface area (Å²) >= 11 is 0. The Bertz CT molecular complexity index is 773. The number of nitrogens with zero attached hydrogens (tertiary/aromatic N) is 2. The zero-order valence-electron chi connectivity index (χ0n) is 13.3. The van der Waals surface area contributed by atoms with E-state index in [4.69, 9.17) is 0 Å². The molecule has 0 saturated carbocycles. The molecule has 9 nitrogen and oxygen atoms in total. The summed E-state index contributed by atoms with van der Waals surface area (Å²) in [4.78, 5) is 48.0. The van der Waals surface area contributed by atoms with Crippen LogP contribution in [0.1, 0.15) is 18.9 Å². The number of Topliss-reactive ketones (excluding diaryl/α,β-unsaturated/α-hetero) is 1. The lowest BCUT2D eigenvalue weighted by atomic mass is 9.81. The van der Waals surface area contributed by atoms with Gasteiger partial charge in [0, 0.05) is 25.0 Å². The first-order chi connectivity index (χ1) is 11.7. The zero-order valence-corrected chi connectivity index (χ0v) is 13.3. The van der Waals surface area contributed by atoms with Gasteiger partial charge in [-0.2, -0.15) is 0 Å². The molecule has 2 N–H and O–H groups in total. The number of β-lactam (4-membered cyclic amide) rings is 1. The molecule has 0 aliphatic carbocycles. The Labute approximate surface area is 142 Å². The SMILES string of the molecule is CC(O)C1C(=O)N2C1CC(=O)C2(Cc1ccc([N+](=O)[O-])cc1)C(=O)O. The van der Waals surface area contributed by atoms with Gasteiger partial charge in [-0.3, -0.25) is 19.7 Å². The monoisotopic (exact) mass is 348 g/mol. The van der Waals surface area contributed by atoms with Crippen molar-refractivity contribution in [3.8, 4) is 0 Å². The average molecular weight is 348 g/mol. The third-order valence-electron chi connectivity index (χ3n) is 5.02. The molecule has 0 radical (unpaired) electrons. The van der Waals surface area contributed by atoms with Gasteiger partial charge in [-0.05, 0) is 12.5 Å². The third kappa shape index (κ3) is 2.30. The van der Waals surface area contributed by atoms with Crippen LogP contribution in [0.3, 0.4) is 0 Å². The Morgan fingerprint density at radius 1 is 1.40 bits per heavy atom. The average Bonchev–Trinajstić information content (AvgIpc) is 2.77. The predicted octanol–water partition coefficient (Wildman–Crippen LogP) is 0.141. The molecule has 0 spiro atoms. The second-order valence-electron chi connectivity index (χ2n) is 6.44. The number of hydrogen-bond acceptors (Lipinski definition) is 6. The van der Waals surface area contributed by atoms with Crippen LogP contribution < -0.4 is 0 Å². The topological polar surface area (TPSA) is 138 Å². The molecule has 2 heterocycles. The summed E-state index contributed by atoms with van der Waals surface area (Å²) in [6, 6.07) is 4.56. The molecule has 4 atom stereocenters. The standard InChI is InChI=1S/C16H16N2O7/c1-8(19)13-11-6-12(20)16(15(22)23,17(11)14(13)21)7-9-2-4-10(5-3-9)18(24)25/h2-5,8,11,13,19H,6-7H2,1H3,(H,22,23). The number of ketones is 1. The van der Waals surface area contributed by atoms with Crippen LogP contribution in [0, 0.1) is 16.0 Å². The van der Waals surface area contributed by atoms with E-state index in [1.807, 2.05) is 0 Å². The number of carboxylic acids is 1. The van der Waals surface area contributed by atoms with Crippen LogP contribution in [0.4, 0.5) is 5.69 Å². The van der Waals surface area contributed by atoms with Crippen LogP contribution in [0.25, 0.3) is 0 Å². The normalized spacial score (nSPS) is 29.1. The molecule has 1 aromatic carbocycles. The second kappa shape index (κ2) is 5.62. The van der Waals surface area contributed by atoms with Crippen LogP contribution in [0.5, 0.6) is 0 Å². The molecular weight excluding hydrogens is 332 g/mol. The number of fused-ring (bicyclic) bond motifs is 1. The summed E-state index contributed by atoms with van der Waals surface area (Å²) in [5.41, 5.74) is -1.78. The molecule has 2 aliphatic rings. The van der Waals surface area contributed by atoms with Gasteiger partial charge in [0.05, 0.1) is 23.0 Å². The van der Waals surface area contributed by atoms with Gasteiger partial charge in [0.25, 0.3) is 5.69 Å². The minimum Gasteiger partial charge on any atom is -0.479 e. The molecule has 25 heavy (non-hydrogen) atoms. The summed E-state index contributed by atoms with van der Waals surface area (Å²) in [5, 5.41) is 30.1. The van der Waals surface area contributed by atoms with Crippen molar-refractivity contribution in [3.05, 3.63) is 39.9 Å². The van der Waals surface area contributed by atoms with E-state index >= 15 is 0 Å². The minimum absolute atomic E-state index is 0.124. The highest BCUT2D eigenvalue weighted by atomic mass is 16.6. The number of benzene rings is 1. The van der Waals surface area contributed by atoms with Crippen molar-refractivity contribution in [2.24, 2.45) is 5.92 Å². The molecule has 1 amide bonds. The van der Waals surface area contributed by atoms with Crippen molar-refractivity contribution in [2.45, 2.75) is 37.5 Å². The Balaban J connectivity index is 1.95. The van der Waals surface area contributed by atoms with E-state index < -0.39 is 46.2 Å². The van der Waals surface area contributed by atoms with Crippen molar-refractivity contribution in [1.82, 2.24) is 4.90 Å². The first-order valence-corrected chi connectivity index (χ1v) is 7.71. The molecule has 2 fully saturated rings. The van der Waals surface area contributed by atoms with Gasteiger partial charge in [-0.25, -0.2) is 4.79 Å². The number of nitro benzene ring substituents is 1. The number of aliphatic carboxylic acids is 1. The Kier molecular flexibility index (Phi) is 3.83. The van der Waals surface area contributed by atoms with Crippen LogP contribution in [-0.4, -0.2) is 55.4 Å². The quantitative estimate of drug-likeness (QED) is 0.334. The lowest BCUT2D eigenvalue weighted by molar-refractivity contribution is -0.384. The summed E-state index contributed by atoms with van der Waals surface area (Å²) in [6.45, 7) is 1.43. The van der Waals surface area contributed by atoms with Crippen molar-refractivity contribution >= 4 is 23.3 Å². The number of carbonyl (C=O) groups is 3. The predicted molar refractivity (Wildman–Crippen MR) is 82.6 cm³/mol. The number of aliphatic hydroxyl groups is 1. The second-order valence-corrected chi connectivity index (χ2v) is 6.44. The maximum atomic E-state index is 12.5. The van der Waals surface area contributed by atoms with E-state index in [0.717, 1.165) is 4.90 Å². The molecule has 4 unspecified atom stereocenters. The number of nitro groups is 1. The lowest BCUT2D eigenvalue weighted by Gasteiger charge is -2.49. The number of carboxylic acid groups (broad SMARTS) is 1. The molecule has 1 aromatic rings. The molecular formula is C16H16N2O7. The van der Waals surface area contributed by atoms with Crippen molar-refractivity contribution in [2.75, 3.05) is 0 Å². The highest BCUT2D eigenvalue weighted by Crippen LogP contribution is 2.46. The molecule has 2 aliphatic heterocycles. The van der Waals surface area contributed by atoms with E-state index in [2.05, 4.69) is 0 Å². The minimum atomic E-state index is -2.02. The summed E-state index contributed by atoms with van der Waals surface area (Å²) in [5.74, 6) is -3.37. The smallest absolute Gasteiger partial charge is 0.337 e. The van der Waals surface area contributed by atoms with Crippen molar-refractivity contribution in [3.63, 3.8) is 0 Å². The van der Waals surface area contributed by atoms with Gasteiger partial charge in [0.1, 0.15) is 0 Å². The summed E-state index contributed by atoms with van der Waals surface area (Å²) in [6.07, 6.45) is -1.36. The molecule has 3 rings (SSSR count). The van der Waals surface area contributed by atoms with Gasteiger partial charge in [0.2, 0.25) is 11.4 Å². The van der Waals surface area contributed by atoms with E-state index in [9.17, 15) is 34.7 Å². The van der Waals surface area contributed by atoms with Gasteiger partial charge in [-0.1, -0.05) is 12.1 Å². The number of non-ortho nitro benzene ring substituents is 1. The van der Waals surface area contributed by atoms with Gasteiger partial charge < -0.3 is 15.1 Å². The first kappa shape index (κ1) is 17.0. The van der Waals surface area contributed by atoms with Crippen LogP contribution in [0.15, 0.2) is 24.3 Å². The number of carbonyl (C=O) groups excluding carboxylic acids is 2. The van der Waals surface area contributed by atoms with E-state index in [-0.39, 0.29) is 18.5 Å². The Hall–Kier alpha value is -2.81. The van der Waals surface area contributed by atoms with Gasteiger partial charge >= 0.3 is 5.97 Å².